The van der Waals surface area contributed by atoms with Crippen molar-refractivity contribution in [1.29, 1.82) is 0 Å². The zero-order chi connectivity index (χ0) is 12.7. The molecule has 1 aromatic heterocycles. The van der Waals surface area contributed by atoms with Gasteiger partial charge in [-0.05, 0) is 19.8 Å². The van der Waals surface area contributed by atoms with Crippen molar-refractivity contribution >= 4 is 11.9 Å². The topological polar surface area (TPSA) is 97.1 Å². The van der Waals surface area contributed by atoms with Gasteiger partial charge >= 0.3 is 5.97 Å². The Labute approximate surface area is 98.8 Å². The van der Waals surface area contributed by atoms with Gasteiger partial charge in [0.15, 0.2) is 0 Å². The lowest BCUT2D eigenvalue weighted by Gasteiger charge is -2.12. The van der Waals surface area contributed by atoms with E-state index in [1.807, 2.05) is 6.92 Å². The van der Waals surface area contributed by atoms with Gasteiger partial charge in [0.05, 0.1) is 0 Å². The Morgan fingerprint density at radius 1 is 1.53 bits per heavy atom. The summed E-state index contributed by atoms with van der Waals surface area (Å²) in [5.74, 6) is -0.968. The van der Waals surface area contributed by atoms with Crippen LogP contribution in [0.5, 0.6) is 0 Å². The highest BCUT2D eigenvalue weighted by atomic mass is 16.4. The zero-order valence-electron chi connectivity index (χ0n) is 9.67. The number of amides is 1. The summed E-state index contributed by atoms with van der Waals surface area (Å²) >= 11 is 0. The minimum atomic E-state index is -0.814. The summed E-state index contributed by atoms with van der Waals surface area (Å²) in [5.41, 5.74) is 0. The van der Waals surface area contributed by atoms with Crippen molar-refractivity contribution in [3.63, 3.8) is 0 Å². The van der Waals surface area contributed by atoms with Crippen molar-refractivity contribution in [1.82, 2.24) is 20.1 Å². The molecule has 1 aromatic rings. The Kier molecular flexibility index (Phi) is 5.12. The lowest BCUT2D eigenvalue weighted by Crippen LogP contribution is -2.35. The molecule has 0 aliphatic rings. The van der Waals surface area contributed by atoms with Gasteiger partial charge in [0.25, 0.3) is 0 Å². The van der Waals surface area contributed by atoms with Crippen LogP contribution in [0.4, 0.5) is 0 Å². The first-order chi connectivity index (χ1) is 8.08. The maximum Gasteiger partial charge on any atom is 0.303 e. The largest absolute Gasteiger partial charge is 0.481 e. The number of hydrogen-bond acceptors (Lipinski definition) is 4. The van der Waals surface area contributed by atoms with Crippen LogP contribution in [0.1, 0.15) is 26.2 Å². The third-order valence-electron chi connectivity index (χ3n) is 2.21. The molecule has 0 aliphatic heterocycles. The van der Waals surface area contributed by atoms with E-state index < -0.39 is 5.97 Å². The van der Waals surface area contributed by atoms with Crippen LogP contribution in [-0.4, -0.2) is 37.8 Å². The number of nitrogens with one attached hydrogen (secondary N) is 1. The lowest BCUT2D eigenvalue weighted by atomic mass is 10.1. The van der Waals surface area contributed by atoms with Crippen LogP contribution in [0, 0.1) is 0 Å². The van der Waals surface area contributed by atoms with Gasteiger partial charge in [0.1, 0.15) is 19.2 Å². The first kappa shape index (κ1) is 13.1. The van der Waals surface area contributed by atoms with Gasteiger partial charge in [-0.3, -0.25) is 9.59 Å². The van der Waals surface area contributed by atoms with E-state index in [0.717, 1.165) is 0 Å². The van der Waals surface area contributed by atoms with Gasteiger partial charge < -0.3 is 10.4 Å². The van der Waals surface area contributed by atoms with Crippen LogP contribution >= 0.6 is 0 Å². The molecule has 0 spiro atoms. The summed E-state index contributed by atoms with van der Waals surface area (Å²) in [5, 5.41) is 15.1. The highest BCUT2D eigenvalue weighted by molar-refractivity contribution is 5.75. The fourth-order valence-corrected chi connectivity index (χ4v) is 1.41. The van der Waals surface area contributed by atoms with Crippen LogP contribution < -0.4 is 5.32 Å². The standard InChI is InChI=1S/C10H16N4O3/c1-8(3-2-4-10(16)17)13-9(15)5-14-7-11-6-12-14/h6-8H,2-5H2,1H3,(H,13,15)(H,16,17). The number of carboxylic acid groups (broad SMARTS) is 1. The summed E-state index contributed by atoms with van der Waals surface area (Å²) in [6, 6.07) is -0.0367. The van der Waals surface area contributed by atoms with Crippen molar-refractivity contribution in [2.75, 3.05) is 0 Å². The predicted molar refractivity (Wildman–Crippen MR) is 59.1 cm³/mol. The van der Waals surface area contributed by atoms with Crippen molar-refractivity contribution in [2.24, 2.45) is 0 Å². The quantitative estimate of drug-likeness (QED) is 0.701. The molecule has 94 valence electrons. The Hall–Kier alpha value is -1.92. The molecule has 17 heavy (non-hydrogen) atoms. The van der Waals surface area contributed by atoms with Gasteiger partial charge in [0, 0.05) is 12.5 Å². The van der Waals surface area contributed by atoms with Crippen LogP contribution in [0.2, 0.25) is 0 Å². The van der Waals surface area contributed by atoms with E-state index in [9.17, 15) is 9.59 Å². The monoisotopic (exact) mass is 240 g/mol. The van der Waals surface area contributed by atoms with E-state index >= 15 is 0 Å². The summed E-state index contributed by atoms with van der Waals surface area (Å²) in [6.07, 6.45) is 4.16. The van der Waals surface area contributed by atoms with Crippen molar-refractivity contribution in [3.8, 4) is 0 Å². The molecule has 7 heteroatoms. The van der Waals surface area contributed by atoms with Gasteiger partial charge in [-0.1, -0.05) is 0 Å². The number of carboxylic acids is 1. The average molecular weight is 240 g/mol. The molecule has 0 radical (unpaired) electrons. The van der Waals surface area contributed by atoms with Crippen molar-refractivity contribution in [3.05, 3.63) is 12.7 Å². The number of aliphatic carboxylic acids is 1. The summed E-state index contributed by atoms with van der Waals surface area (Å²) in [4.78, 5) is 25.5. The van der Waals surface area contributed by atoms with Crippen molar-refractivity contribution < 1.29 is 14.7 Å². The highest BCUT2D eigenvalue weighted by Crippen LogP contribution is 2.00. The number of aromatic nitrogens is 3. The molecule has 0 bridgehead atoms. The molecule has 0 aromatic carbocycles. The second-order valence-electron chi connectivity index (χ2n) is 3.85. The van der Waals surface area contributed by atoms with Gasteiger partial charge in [-0.25, -0.2) is 9.67 Å². The van der Waals surface area contributed by atoms with E-state index in [1.54, 1.807) is 0 Å². The minimum absolute atomic E-state index is 0.0367. The molecule has 1 unspecified atom stereocenters. The lowest BCUT2D eigenvalue weighted by molar-refractivity contribution is -0.137. The SMILES string of the molecule is CC(CCCC(=O)O)NC(=O)Cn1cncn1. The van der Waals surface area contributed by atoms with Crippen molar-refractivity contribution in [2.45, 2.75) is 38.8 Å². The first-order valence-corrected chi connectivity index (χ1v) is 5.41. The number of nitrogens with zero attached hydrogens (tertiary/aromatic N) is 3. The Morgan fingerprint density at radius 3 is 2.88 bits per heavy atom. The molecule has 1 rings (SSSR count). The maximum atomic E-state index is 11.5. The third kappa shape index (κ3) is 5.64. The van der Waals surface area contributed by atoms with E-state index in [0.29, 0.717) is 12.8 Å². The molecule has 1 amide bonds. The molecule has 1 atom stereocenters. The maximum absolute atomic E-state index is 11.5. The number of hydrogen-bond donors (Lipinski definition) is 2. The first-order valence-electron chi connectivity index (χ1n) is 5.41. The van der Waals surface area contributed by atoms with Gasteiger partial charge in [-0.2, -0.15) is 5.10 Å². The Bertz CT molecular complexity index is 364. The highest BCUT2D eigenvalue weighted by Gasteiger charge is 2.08. The fraction of sp³-hybridized carbons (Fsp3) is 0.600. The molecule has 7 nitrogen and oxygen atoms in total. The molecule has 2 N–H and O–H groups in total. The number of rotatable bonds is 7. The molecule has 0 fully saturated rings. The van der Waals surface area contributed by atoms with Gasteiger partial charge in [-0.15, -0.1) is 0 Å². The number of carbonyl (C=O) groups is 2. The molecule has 0 saturated heterocycles. The fourth-order valence-electron chi connectivity index (χ4n) is 1.41. The van der Waals surface area contributed by atoms with E-state index in [1.165, 1.54) is 17.3 Å². The third-order valence-corrected chi connectivity index (χ3v) is 2.21. The summed E-state index contributed by atoms with van der Waals surface area (Å²) in [6.45, 7) is 1.98. The van der Waals surface area contributed by atoms with Crippen LogP contribution in [0.3, 0.4) is 0 Å². The average Bonchev–Trinajstić information content (AvgIpc) is 2.69. The van der Waals surface area contributed by atoms with E-state index in [4.69, 9.17) is 5.11 Å². The second-order valence-corrected chi connectivity index (χ2v) is 3.85. The molecular formula is C10H16N4O3. The molecule has 1 heterocycles. The van der Waals surface area contributed by atoms with Crippen LogP contribution in [-0.2, 0) is 16.1 Å². The molecular weight excluding hydrogens is 224 g/mol. The summed E-state index contributed by atoms with van der Waals surface area (Å²) in [7, 11) is 0. The van der Waals surface area contributed by atoms with Crippen LogP contribution in [0.25, 0.3) is 0 Å². The predicted octanol–water partition coefficient (Wildman–Crippen LogP) is 0.0377. The second kappa shape index (κ2) is 6.62. The van der Waals surface area contributed by atoms with E-state index in [2.05, 4.69) is 15.4 Å². The number of carbonyl (C=O) groups excluding carboxylic acids is 1. The van der Waals surface area contributed by atoms with E-state index in [-0.39, 0.29) is 24.9 Å². The normalized spacial score (nSPS) is 12.1. The smallest absolute Gasteiger partial charge is 0.303 e. The minimum Gasteiger partial charge on any atom is -0.481 e. The zero-order valence-corrected chi connectivity index (χ0v) is 9.67. The Balaban J connectivity index is 2.19. The van der Waals surface area contributed by atoms with Gasteiger partial charge in [0.2, 0.25) is 5.91 Å². The van der Waals surface area contributed by atoms with Crippen LogP contribution in [0.15, 0.2) is 12.7 Å². The molecule has 0 saturated carbocycles. The molecule has 0 aliphatic carbocycles. The Morgan fingerprint density at radius 2 is 2.29 bits per heavy atom. The summed E-state index contributed by atoms with van der Waals surface area (Å²) < 4.78 is 1.43.